The molecule has 7 N–H and O–H groups in total. The molecule has 0 aliphatic carbocycles. The molecule has 15 nitrogen and oxygen atoms in total. The van der Waals surface area contributed by atoms with E-state index in [4.69, 9.17) is 14.6 Å². The Morgan fingerprint density at radius 3 is 1.94 bits per heavy atom. The lowest BCUT2D eigenvalue weighted by molar-refractivity contribution is -0.165. The summed E-state index contributed by atoms with van der Waals surface area (Å²) in [5.41, 5.74) is -2.95. The molecule has 4 atom stereocenters. The van der Waals surface area contributed by atoms with E-state index in [0.29, 0.717) is 0 Å². The minimum atomic E-state index is -2.95. The molecule has 15 heteroatoms. The zero-order valence-electron chi connectivity index (χ0n) is 17.4. The van der Waals surface area contributed by atoms with Crippen LogP contribution >= 0.6 is 0 Å². The van der Waals surface area contributed by atoms with Crippen LogP contribution in [0.1, 0.15) is 13.8 Å². The van der Waals surface area contributed by atoms with Crippen molar-refractivity contribution in [3.05, 3.63) is 0 Å². The van der Waals surface area contributed by atoms with E-state index in [0.717, 1.165) is 5.01 Å². The molecule has 0 saturated heterocycles. The Morgan fingerprint density at radius 1 is 1.06 bits per heavy atom. The second-order valence-corrected chi connectivity index (χ2v) is 6.02. The SMILES string of the molecule is CCOC(=O)NCCN(CCNC(=O)OCC)N=N[C@@](O)(C=O)[C@@H](O)[C@H](O)[C@H](O)CO. The number of nitrogens with one attached hydrogen (secondary N) is 2. The van der Waals surface area contributed by atoms with Gasteiger partial charge in [0.1, 0.15) is 18.3 Å². The Morgan fingerprint density at radius 2 is 1.55 bits per heavy atom. The summed E-state index contributed by atoms with van der Waals surface area (Å²) in [5.74, 6) is 0. The molecule has 2 amide bonds. The number of carbonyl (C=O) groups is 3. The van der Waals surface area contributed by atoms with Crippen LogP contribution in [0.5, 0.6) is 0 Å². The summed E-state index contributed by atoms with van der Waals surface area (Å²) in [5, 5.41) is 60.9. The molecule has 0 aromatic heterocycles. The minimum Gasteiger partial charge on any atom is -0.450 e. The molecule has 0 fully saturated rings. The minimum absolute atomic E-state index is 0.00514. The number of carbonyl (C=O) groups excluding carboxylic acids is 3. The molecular weight excluding hydrogens is 422 g/mol. The van der Waals surface area contributed by atoms with Gasteiger partial charge in [-0.15, -0.1) is 5.11 Å². The van der Waals surface area contributed by atoms with Crippen molar-refractivity contribution in [3.63, 3.8) is 0 Å². The Hall–Kier alpha value is -2.59. The Bertz CT molecular complexity index is 557. The summed E-state index contributed by atoms with van der Waals surface area (Å²) >= 11 is 0. The first-order valence-electron chi connectivity index (χ1n) is 9.47. The van der Waals surface area contributed by atoms with Crippen LogP contribution in [0, 0.1) is 0 Å². The van der Waals surface area contributed by atoms with Gasteiger partial charge in [-0.1, -0.05) is 5.22 Å². The Balaban J connectivity index is 5.19. The molecule has 0 unspecified atom stereocenters. The average molecular weight is 453 g/mol. The third-order valence-corrected chi connectivity index (χ3v) is 3.67. The first-order chi connectivity index (χ1) is 14.6. The monoisotopic (exact) mass is 453 g/mol. The molecule has 0 aromatic carbocycles. The van der Waals surface area contributed by atoms with Crippen LogP contribution in [-0.4, -0.2) is 119 Å². The molecule has 0 aliphatic rings. The first kappa shape index (κ1) is 28.4. The summed E-state index contributed by atoms with van der Waals surface area (Å²) in [6.45, 7) is 2.59. The van der Waals surface area contributed by atoms with Crippen molar-refractivity contribution in [2.24, 2.45) is 10.3 Å². The van der Waals surface area contributed by atoms with Gasteiger partial charge in [0.25, 0.3) is 5.72 Å². The van der Waals surface area contributed by atoms with Gasteiger partial charge in [0.05, 0.1) is 32.9 Å². The van der Waals surface area contributed by atoms with Gasteiger partial charge in [-0.2, -0.15) is 0 Å². The maximum atomic E-state index is 11.3. The number of rotatable bonds is 15. The van der Waals surface area contributed by atoms with Crippen molar-refractivity contribution >= 4 is 18.5 Å². The Kier molecular flexibility index (Phi) is 14.0. The standard InChI is InChI=1S/C16H31N5O10/c1-3-30-14(27)17-5-7-21(8-6-18-15(28)31-4-2)20-19-16(29,10-23)13(26)12(25)11(24)9-22/h10-13,22,24-26,29H,3-9H2,1-2H3,(H,17,27)(H,18,28)/t11-,12-,13+,16-/m1/s1. The number of aliphatic hydroxyl groups excluding tert-OH is 4. The highest BCUT2D eigenvalue weighted by Crippen LogP contribution is 2.17. The summed E-state index contributed by atoms with van der Waals surface area (Å²) in [6, 6.07) is 0. The van der Waals surface area contributed by atoms with Gasteiger partial charge in [-0.25, -0.2) is 9.59 Å². The van der Waals surface area contributed by atoms with E-state index in [9.17, 15) is 34.8 Å². The van der Waals surface area contributed by atoms with E-state index in [-0.39, 0.29) is 45.7 Å². The number of hydrogen-bond acceptors (Lipinski definition) is 12. The largest absolute Gasteiger partial charge is 0.450 e. The van der Waals surface area contributed by atoms with Crippen LogP contribution in [0.15, 0.2) is 10.3 Å². The van der Waals surface area contributed by atoms with Crippen LogP contribution in [0.4, 0.5) is 9.59 Å². The topological polar surface area (TPSA) is 223 Å². The number of ether oxygens (including phenoxy) is 2. The molecule has 31 heavy (non-hydrogen) atoms. The highest BCUT2D eigenvalue weighted by molar-refractivity contribution is 5.67. The van der Waals surface area contributed by atoms with Gasteiger partial charge in [-0.05, 0) is 13.8 Å². The molecule has 0 aliphatic heterocycles. The van der Waals surface area contributed by atoms with E-state index < -0.39 is 42.8 Å². The molecule has 0 saturated carbocycles. The van der Waals surface area contributed by atoms with Gasteiger partial charge < -0.3 is 45.6 Å². The molecule has 0 rings (SSSR count). The molecule has 0 bridgehead atoms. The van der Waals surface area contributed by atoms with Crippen LogP contribution in [0.3, 0.4) is 0 Å². The average Bonchev–Trinajstić information content (AvgIpc) is 2.75. The van der Waals surface area contributed by atoms with Gasteiger partial charge in [0.2, 0.25) is 0 Å². The van der Waals surface area contributed by atoms with E-state index in [1.807, 2.05) is 0 Å². The van der Waals surface area contributed by atoms with Crippen molar-refractivity contribution < 1.29 is 49.4 Å². The fourth-order valence-corrected chi connectivity index (χ4v) is 2.00. The van der Waals surface area contributed by atoms with Crippen molar-refractivity contribution in [3.8, 4) is 0 Å². The van der Waals surface area contributed by atoms with Gasteiger partial charge >= 0.3 is 12.2 Å². The quantitative estimate of drug-likeness (QED) is 0.0757. The third-order valence-electron chi connectivity index (χ3n) is 3.67. The van der Waals surface area contributed by atoms with Crippen molar-refractivity contribution in [1.29, 1.82) is 0 Å². The number of hydrogen-bond donors (Lipinski definition) is 7. The predicted molar refractivity (Wildman–Crippen MR) is 103 cm³/mol. The molecule has 0 aromatic rings. The predicted octanol–water partition coefficient (Wildman–Crippen LogP) is -2.89. The number of aliphatic hydroxyl groups is 5. The summed E-state index contributed by atoms with van der Waals surface area (Å²) in [6.07, 6.45) is -7.86. The number of aldehydes is 1. The summed E-state index contributed by atoms with van der Waals surface area (Å²) in [7, 11) is 0. The fourth-order valence-electron chi connectivity index (χ4n) is 2.00. The summed E-state index contributed by atoms with van der Waals surface area (Å²) in [4.78, 5) is 34.0. The highest BCUT2D eigenvalue weighted by atomic mass is 16.6. The lowest BCUT2D eigenvalue weighted by Crippen LogP contribution is -2.53. The normalized spacial score (nSPS) is 16.0. The fraction of sp³-hybridized carbons (Fsp3) is 0.812. The van der Waals surface area contributed by atoms with E-state index in [2.05, 4.69) is 21.0 Å². The van der Waals surface area contributed by atoms with Crippen LogP contribution in [-0.2, 0) is 14.3 Å². The number of nitrogens with zero attached hydrogens (tertiary/aromatic N) is 3. The second kappa shape index (κ2) is 15.2. The van der Waals surface area contributed by atoms with Gasteiger partial charge in [-0.3, -0.25) is 9.80 Å². The van der Waals surface area contributed by atoms with Crippen LogP contribution in [0.2, 0.25) is 0 Å². The van der Waals surface area contributed by atoms with E-state index in [1.165, 1.54) is 0 Å². The molecule has 0 spiro atoms. The number of alkyl carbamates (subject to hydrolysis) is 2. The molecule has 0 radical (unpaired) electrons. The summed E-state index contributed by atoms with van der Waals surface area (Å²) < 4.78 is 9.40. The second-order valence-electron chi connectivity index (χ2n) is 6.02. The maximum Gasteiger partial charge on any atom is 0.407 e. The molecule has 180 valence electrons. The van der Waals surface area contributed by atoms with Crippen LogP contribution in [0.25, 0.3) is 0 Å². The molecular formula is C16H31N5O10. The van der Waals surface area contributed by atoms with E-state index >= 15 is 0 Å². The van der Waals surface area contributed by atoms with Crippen molar-refractivity contribution in [2.45, 2.75) is 37.9 Å². The maximum absolute atomic E-state index is 11.3. The smallest absolute Gasteiger partial charge is 0.407 e. The van der Waals surface area contributed by atoms with Crippen molar-refractivity contribution in [1.82, 2.24) is 15.6 Å². The lowest BCUT2D eigenvalue weighted by Gasteiger charge is -2.29. The zero-order chi connectivity index (χ0) is 23.9. The van der Waals surface area contributed by atoms with Crippen molar-refractivity contribution in [2.75, 3.05) is 46.0 Å². The first-order valence-corrected chi connectivity index (χ1v) is 9.47. The van der Waals surface area contributed by atoms with Gasteiger partial charge in [0, 0.05) is 13.1 Å². The third kappa shape index (κ3) is 10.8. The van der Waals surface area contributed by atoms with Gasteiger partial charge in [0.15, 0.2) is 6.29 Å². The van der Waals surface area contributed by atoms with E-state index in [1.54, 1.807) is 13.8 Å². The highest BCUT2D eigenvalue weighted by Gasteiger charge is 2.43. The zero-order valence-corrected chi connectivity index (χ0v) is 17.4. The Labute approximate surface area is 178 Å². The lowest BCUT2D eigenvalue weighted by atomic mass is 10.00. The van der Waals surface area contributed by atoms with Crippen LogP contribution < -0.4 is 10.6 Å². The number of amides is 2. The molecule has 0 heterocycles.